The van der Waals surface area contributed by atoms with E-state index in [2.05, 4.69) is 10.6 Å². The van der Waals surface area contributed by atoms with Gasteiger partial charge in [-0.25, -0.2) is 0 Å². The molecule has 23 heavy (non-hydrogen) atoms. The predicted octanol–water partition coefficient (Wildman–Crippen LogP) is 2.15. The average molecular weight is 318 g/mol. The third-order valence-corrected chi connectivity index (χ3v) is 4.11. The SMILES string of the molecule is CCCC(=O)Nc1ccc(CNC(=O)C2CCC2C(=O)O)cc1. The molecular formula is C17H22N2O4. The summed E-state index contributed by atoms with van der Waals surface area (Å²) in [5, 5.41) is 14.5. The maximum absolute atomic E-state index is 12.0. The molecule has 1 aromatic rings. The van der Waals surface area contributed by atoms with Gasteiger partial charge in [0.25, 0.3) is 0 Å². The molecule has 2 unspecified atom stereocenters. The normalized spacial score (nSPS) is 19.5. The number of carboxylic acid groups (broad SMARTS) is 1. The molecule has 0 aliphatic heterocycles. The molecule has 1 aliphatic carbocycles. The molecule has 124 valence electrons. The lowest BCUT2D eigenvalue weighted by Gasteiger charge is -2.31. The number of carbonyl (C=O) groups is 3. The van der Waals surface area contributed by atoms with Crippen molar-refractivity contribution in [3.8, 4) is 0 Å². The second-order valence-electron chi connectivity index (χ2n) is 5.84. The van der Waals surface area contributed by atoms with Crippen LogP contribution in [-0.4, -0.2) is 22.9 Å². The van der Waals surface area contributed by atoms with Crippen molar-refractivity contribution in [3.05, 3.63) is 29.8 Å². The van der Waals surface area contributed by atoms with E-state index in [4.69, 9.17) is 5.11 Å². The van der Waals surface area contributed by atoms with Crippen LogP contribution in [0.2, 0.25) is 0 Å². The molecule has 0 aromatic heterocycles. The topological polar surface area (TPSA) is 95.5 Å². The van der Waals surface area contributed by atoms with E-state index < -0.39 is 17.8 Å². The summed E-state index contributed by atoms with van der Waals surface area (Å²) in [6, 6.07) is 7.24. The van der Waals surface area contributed by atoms with Crippen LogP contribution in [0.3, 0.4) is 0 Å². The Labute approximate surface area is 135 Å². The summed E-state index contributed by atoms with van der Waals surface area (Å²) in [5.74, 6) is -2.09. The molecule has 3 N–H and O–H groups in total. The van der Waals surface area contributed by atoms with E-state index in [9.17, 15) is 14.4 Å². The van der Waals surface area contributed by atoms with Crippen molar-refractivity contribution < 1.29 is 19.5 Å². The van der Waals surface area contributed by atoms with Crippen LogP contribution in [-0.2, 0) is 20.9 Å². The average Bonchev–Trinajstić information content (AvgIpc) is 2.45. The van der Waals surface area contributed by atoms with E-state index in [1.54, 1.807) is 12.1 Å². The summed E-state index contributed by atoms with van der Waals surface area (Å²) in [4.78, 5) is 34.4. The summed E-state index contributed by atoms with van der Waals surface area (Å²) in [5.41, 5.74) is 1.63. The molecule has 1 aliphatic rings. The van der Waals surface area contributed by atoms with Gasteiger partial charge in [0, 0.05) is 18.7 Å². The van der Waals surface area contributed by atoms with Gasteiger partial charge in [-0.05, 0) is 37.0 Å². The Hall–Kier alpha value is -2.37. The van der Waals surface area contributed by atoms with Gasteiger partial charge in [0.05, 0.1) is 11.8 Å². The lowest BCUT2D eigenvalue weighted by molar-refractivity contribution is -0.152. The highest BCUT2D eigenvalue weighted by Gasteiger charge is 2.41. The zero-order valence-corrected chi connectivity index (χ0v) is 13.2. The van der Waals surface area contributed by atoms with E-state index in [-0.39, 0.29) is 11.8 Å². The van der Waals surface area contributed by atoms with Crippen LogP contribution >= 0.6 is 0 Å². The third-order valence-electron chi connectivity index (χ3n) is 4.11. The molecule has 0 bridgehead atoms. The number of carbonyl (C=O) groups excluding carboxylic acids is 2. The van der Waals surface area contributed by atoms with Crippen LogP contribution in [0.1, 0.15) is 38.2 Å². The van der Waals surface area contributed by atoms with Gasteiger partial charge in [-0.2, -0.15) is 0 Å². The molecule has 1 saturated carbocycles. The van der Waals surface area contributed by atoms with Gasteiger partial charge in [-0.1, -0.05) is 19.1 Å². The highest BCUT2D eigenvalue weighted by molar-refractivity contribution is 5.90. The standard InChI is InChI=1S/C17H22N2O4/c1-2-3-15(20)19-12-6-4-11(5-7-12)10-18-16(21)13-8-9-14(13)17(22)23/h4-7,13-14H,2-3,8-10H2,1H3,(H,18,21)(H,19,20)(H,22,23). The molecule has 2 amide bonds. The van der Waals surface area contributed by atoms with E-state index in [1.165, 1.54) is 0 Å². The quantitative estimate of drug-likeness (QED) is 0.718. The summed E-state index contributed by atoms with van der Waals surface area (Å²) in [6.07, 6.45) is 2.49. The smallest absolute Gasteiger partial charge is 0.307 e. The Kier molecular flexibility index (Phi) is 5.73. The van der Waals surface area contributed by atoms with Gasteiger partial charge in [0.1, 0.15) is 0 Å². The van der Waals surface area contributed by atoms with Gasteiger partial charge in [-0.3, -0.25) is 14.4 Å². The Morgan fingerprint density at radius 3 is 2.30 bits per heavy atom. The Morgan fingerprint density at radius 2 is 1.78 bits per heavy atom. The number of aliphatic carboxylic acids is 1. The molecule has 0 saturated heterocycles. The summed E-state index contributed by atoms with van der Waals surface area (Å²) < 4.78 is 0. The van der Waals surface area contributed by atoms with Crippen molar-refractivity contribution in [1.82, 2.24) is 5.32 Å². The number of hydrogen-bond acceptors (Lipinski definition) is 3. The fourth-order valence-corrected chi connectivity index (χ4v) is 2.59. The molecule has 0 radical (unpaired) electrons. The largest absolute Gasteiger partial charge is 0.481 e. The summed E-state index contributed by atoms with van der Waals surface area (Å²) in [6.45, 7) is 2.30. The minimum Gasteiger partial charge on any atom is -0.481 e. The van der Waals surface area contributed by atoms with Gasteiger partial charge in [0.15, 0.2) is 0 Å². The van der Waals surface area contributed by atoms with E-state index in [0.717, 1.165) is 17.7 Å². The van der Waals surface area contributed by atoms with Gasteiger partial charge in [0.2, 0.25) is 11.8 Å². The fraction of sp³-hybridized carbons (Fsp3) is 0.471. The van der Waals surface area contributed by atoms with Crippen molar-refractivity contribution in [3.63, 3.8) is 0 Å². The molecular weight excluding hydrogens is 296 g/mol. The number of hydrogen-bond donors (Lipinski definition) is 3. The molecule has 0 heterocycles. The molecule has 2 atom stereocenters. The fourth-order valence-electron chi connectivity index (χ4n) is 2.59. The van der Waals surface area contributed by atoms with Crippen LogP contribution in [0.5, 0.6) is 0 Å². The number of anilines is 1. The molecule has 1 aromatic carbocycles. The van der Waals surface area contributed by atoms with Gasteiger partial charge in [-0.15, -0.1) is 0 Å². The maximum Gasteiger partial charge on any atom is 0.307 e. The van der Waals surface area contributed by atoms with Crippen molar-refractivity contribution in [2.24, 2.45) is 11.8 Å². The van der Waals surface area contributed by atoms with E-state index in [1.807, 2.05) is 19.1 Å². The monoisotopic (exact) mass is 318 g/mol. The molecule has 6 heteroatoms. The minimum absolute atomic E-state index is 0.0155. The Bertz CT molecular complexity index is 583. The second-order valence-corrected chi connectivity index (χ2v) is 5.84. The molecule has 6 nitrogen and oxygen atoms in total. The van der Waals surface area contributed by atoms with Crippen molar-refractivity contribution in [2.75, 3.05) is 5.32 Å². The third kappa shape index (κ3) is 4.55. The Balaban J connectivity index is 1.81. The number of amides is 2. The minimum atomic E-state index is -0.899. The highest BCUT2D eigenvalue weighted by Crippen LogP contribution is 2.34. The zero-order valence-electron chi connectivity index (χ0n) is 13.2. The first kappa shape index (κ1) is 17.0. The highest BCUT2D eigenvalue weighted by atomic mass is 16.4. The van der Waals surface area contributed by atoms with Gasteiger partial charge < -0.3 is 15.7 Å². The first-order chi connectivity index (χ1) is 11.0. The number of rotatable bonds is 7. The zero-order chi connectivity index (χ0) is 16.8. The first-order valence-corrected chi connectivity index (χ1v) is 7.90. The second kappa shape index (κ2) is 7.76. The maximum atomic E-state index is 12.0. The molecule has 2 rings (SSSR count). The van der Waals surface area contributed by atoms with Gasteiger partial charge >= 0.3 is 5.97 Å². The van der Waals surface area contributed by atoms with E-state index in [0.29, 0.717) is 25.8 Å². The lowest BCUT2D eigenvalue weighted by atomic mass is 9.73. The van der Waals surface area contributed by atoms with Crippen LogP contribution in [0.25, 0.3) is 0 Å². The van der Waals surface area contributed by atoms with Crippen molar-refractivity contribution in [2.45, 2.75) is 39.2 Å². The van der Waals surface area contributed by atoms with Crippen LogP contribution in [0.4, 0.5) is 5.69 Å². The van der Waals surface area contributed by atoms with Crippen molar-refractivity contribution >= 4 is 23.5 Å². The lowest BCUT2D eigenvalue weighted by Crippen LogP contribution is -2.43. The first-order valence-electron chi connectivity index (χ1n) is 7.90. The summed E-state index contributed by atoms with van der Waals surface area (Å²) >= 11 is 0. The summed E-state index contributed by atoms with van der Waals surface area (Å²) in [7, 11) is 0. The van der Waals surface area contributed by atoms with Crippen molar-refractivity contribution in [1.29, 1.82) is 0 Å². The predicted molar refractivity (Wildman–Crippen MR) is 85.7 cm³/mol. The Morgan fingerprint density at radius 1 is 1.13 bits per heavy atom. The number of benzene rings is 1. The molecule has 0 spiro atoms. The molecule has 1 fully saturated rings. The van der Waals surface area contributed by atoms with E-state index >= 15 is 0 Å². The van der Waals surface area contributed by atoms with Crippen LogP contribution in [0, 0.1) is 11.8 Å². The van der Waals surface area contributed by atoms with Crippen LogP contribution in [0.15, 0.2) is 24.3 Å². The number of nitrogens with one attached hydrogen (secondary N) is 2. The number of carboxylic acids is 1. The van der Waals surface area contributed by atoms with Crippen LogP contribution < -0.4 is 10.6 Å².